The zero-order valence-electron chi connectivity index (χ0n) is 15.3. The molecule has 0 radical (unpaired) electrons. The number of imidazole rings is 1. The summed E-state index contributed by atoms with van der Waals surface area (Å²) in [5.41, 5.74) is 7.28. The second-order valence-electron chi connectivity index (χ2n) is 6.68. The number of hydrogen-bond donors (Lipinski definition) is 3. The molecule has 1 aliphatic rings. The van der Waals surface area contributed by atoms with Gasteiger partial charge in [-0.05, 0) is 19.1 Å². The third-order valence-electron chi connectivity index (χ3n) is 4.70. The Morgan fingerprint density at radius 3 is 2.62 bits per heavy atom. The lowest BCUT2D eigenvalue weighted by Gasteiger charge is -2.16. The van der Waals surface area contributed by atoms with Crippen molar-refractivity contribution >= 4 is 27.1 Å². The number of benzene rings is 1. The number of anilines is 1. The molecule has 12 heteroatoms. The summed E-state index contributed by atoms with van der Waals surface area (Å²) in [7, 11) is -4.05. The topological polar surface area (TPSA) is 163 Å². The third-order valence-corrected chi connectivity index (χ3v) is 5.99. The van der Waals surface area contributed by atoms with Gasteiger partial charge >= 0.3 is 0 Å². The molecule has 11 nitrogen and oxygen atoms in total. The van der Waals surface area contributed by atoms with Gasteiger partial charge in [0.1, 0.15) is 30.2 Å². The predicted molar refractivity (Wildman–Crippen MR) is 100.0 cm³/mol. The molecule has 0 aliphatic carbocycles. The van der Waals surface area contributed by atoms with Gasteiger partial charge in [-0.3, -0.25) is 8.75 Å². The molecule has 0 bridgehead atoms. The summed E-state index contributed by atoms with van der Waals surface area (Å²) in [5.74, 6) is 0.158. The number of nitrogen functional groups attached to an aromatic ring is 1. The molecular formula is C17H19N5O6S. The summed E-state index contributed by atoms with van der Waals surface area (Å²) in [6.45, 7) is 1.36. The number of fused-ring (bicyclic) bond motifs is 1. The third kappa shape index (κ3) is 3.56. The van der Waals surface area contributed by atoms with Crippen LogP contribution in [0, 0.1) is 6.92 Å². The van der Waals surface area contributed by atoms with Crippen molar-refractivity contribution in [1.29, 1.82) is 0 Å². The number of aliphatic hydroxyl groups is 2. The van der Waals surface area contributed by atoms with Crippen LogP contribution in [0.2, 0.25) is 0 Å². The van der Waals surface area contributed by atoms with Crippen molar-refractivity contribution in [3.63, 3.8) is 0 Å². The number of nitrogens with zero attached hydrogens (tertiary/aromatic N) is 4. The first-order chi connectivity index (χ1) is 13.8. The largest absolute Gasteiger partial charge is 0.387 e. The number of rotatable bonds is 5. The van der Waals surface area contributed by atoms with E-state index in [0.29, 0.717) is 11.2 Å². The normalized spacial score (nSPS) is 24.9. The number of nitrogens with two attached hydrogens (primary N) is 1. The highest BCUT2D eigenvalue weighted by Crippen LogP contribution is 2.32. The molecule has 0 amide bonds. The molecule has 1 saturated heterocycles. The molecule has 0 spiro atoms. The fourth-order valence-electron chi connectivity index (χ4n) is 3.08. The second kappa shape index (κ2) is 7.31. The number of aromatic nitrogens is 4. The van der Waals surface area contributed by atoms with E-state index in [2.05, 4.69) is 15.0 Å². The van der Waals surface area contributed by atoms with E-state index in [1.54, 1.807) is 12.1 Å². The van der Waals surface area contributed by atoms with Gasteiger partial charge < -0.3 is 20.7 Å². The highest BCUT2D eigenvalue weighted by atomic mass is 32.2. The van der Waals surface area contributed by atoms with Crippen LogP contribution in [-0.2, 0) is 19.0 Å². The zero-order valence-corrected chi connectivity index (χ0v) is 16.1. The fraction of sp³-hybridized carbons (Fsp3) is 0.353. The average molecular weight is 421 g/mol. The minimum atomic E-state index is -4.05. The Bertz CT molecular complexity index is 1130. The molecular weight excluding hydrogens is 402 g/mol. The first-order valence-electron chi connectivity index (χ1n) is 8.68. The molecule has 29 heavy (non-hydrogen) atoms. The van der Waals surface area contributed by atoms with E-state index in [1.165, 1.54) is 29.4 Å². The molecule has 4 N–H and O–H groups in total. The molecule has 2 unspecified atom stereocenters. The highest BCUT2D eigenvalue weighted by molar-refractivity contribution is 7.86. The summed E-state index contributed by atoms with van der Waals surface area (Å²) in [5, 5.41) is 20.7. The lowest BCUT2D eigenvalue weighted by atomic mass is 10.1. The van der Waals surface area contributed by atoms with Crippen LogP contribution in [-0.4, -0.2) is 63.1 Å². The summed E-state index contributed by atoms with van der Waals surface area (Å²) in [4.78, 5) is 12.0. The van der Waals surface area contributed by atoms with Crippen molar-refractivity contribution in [2.24, 2.45) is 0 Å². The van der Waals surface area contributed by atoms with Crippen LogP contribution >= 0.6 is 0 Å². The van der Waals surface area contributed by atoms with Crippen molar-refractivity contribution < 1.29 is 27.6 Å². The molecule has 1 fully saturated rings. The standard InChI is InChI=1S/C17H19N5O6S/c1-9-2-4-10(5-3-9)29(25,26)27-6-11-13(23)14(24)17(28-11)22-8-21-12-15(18)19-7-20-16(12)22/h2-5,7-8,11,13-14,17,23-24H,6H2,1H3,(H2,18,19,20)/t11-,13?,14?,17+/m0/s1. The van der Waals surface area contributed by atoms with Gasteiger partial charge in [-0.1, -0.05) is 17.7 Å². The minimum absolute atomic E-state index is 0.0135. The van der Waals surface area contributed by atoms with E-state index >= 15 is 0 Å². The van der Waals surface area contributed by atoms with E-state index in [1.807, 2.05) is 6.92 Å². The smallest absolute Gasteiger partial charge is 0.297 e. The van der Waals surface area contributed by atoms with Crippen molar-refractivity contribution in [1.82, 2.24) is 19.5 Å². The number of aliphatic hydroxyl groups excluding tert-OH is 2. The van der Waals surface area contributed by atoms with Crippen molar-refractivity contribution in [2.75, 3.05) is 12.3 Å². The first-order valence-corrected chi connectivity index (χ1v) is 10.1. The molecule has 4 atom stereocenters. The van der Waals surface area contributed by atoms with E-state index < -0.39 is 41.3 Å². The Morgan fingerprint density at radius 2 is 1.90 bits per heavy atom. The maximum atomic E-state index is 12.3. The molecule has 3 heterocycles. The highest BCUT2D eigenvalue weighted by Gasteiger charge is 2.45. The number of ether oxygens (including phenoxy) is 1. The van der Waals surface area contributed by atoms with Gasteiger partial charge in [-0.2, -0.15) is 8.42 Å². The predicted octanol–water partition coefficient (Wildman–Crippen LogP) is -0.258. The second-order valence-corrected chi connectivity index (χ2v) is 8.30. The van der Waals surface area contributed by atoms with Crippen LogP contribution in [0.15, 0.2) is 41.8 Å². The Balaban J connectivity index is 1.51. The minimum Gasteiger partial charge on any atom is -0.387 e. The molecule has 2 aromatic heterocycles. The maximum Gasteiger partial charge on any atom is 0.297 e. The van der Waals surface area contributed by atoms with Gasteiger partial charge in [0.2, 0.25) is 0 Å². The van der Waals surface area contributed by atoms with Gasteiger partial charge in [0.15, 0.2) is 17.7 Å². The maximum absolute atomic E-state index is 12.3. The van der Waals surface area contributed by atoms with Crippen LogP contribution in [0.5, 0.6) is 0 Å². The molecule has 0 saturated carbocycles. The van der Waals surface area contributed by atoms with Crippen LogP contribution in [0.4, 0.5) is 5.82 Å². The van der Waals surface area contributed by atoms with Crippen LogP contribution in [0.25, 0.3) is 11.2 Å². The van der Waals surface area contributed by atoms with E-state index in [0.717, 1.165) is 5.56 Å². The monoisotopic (exact) mass is 421 g/mol. The Labute approximate surface area is 165 Å². The lowest BCUT2D eigenvalue weighted by Crippen LogP contribution is -2.34. The summed E-state index contributed by atoms with van der Waals surface area (Å²) < 4.78 is 36.8. The zero-order chi connectivity index (χ0) is 20.8. The molecule has 1 aliphatic heterocycles. The summed E-state index contributed by atoms with van der Waals surface area (Å²) in [6, 6.07) is 6.15. The van der Waals surface area contributed by atoms with E-state index in [9.17, 15) is 18.6 Å². The number of hydrogen-bond acceptors (Lipinski definition) is 10. The Morgan fingerprint density at radius 1 is 1.17 bits per heavy atom. The van der Waals surface area contributed by atoms with Gasteiger partial charge in [-0.25, -0.2) is 15.0 Å². The quantitative estimate of drug-likeness (QED) is 0.468. The fourth-order valence-corrected chi connectivity index (χ4v) is 4.00. The SMILES string of the molecule is Cc1ccc(S(=O)(=O)OC[C@@H]2O[C@@H](n3cnc4c(N)ncnc43)C(O)C2O)cc1. The Hall–Kier alpha value is -2.64. The van der Waals surface area contributed by atoms with E-state index in [-0.39, 0.29) is 10.7 Å². The van der Waals surface area contributed by atoms with Gasteiger partial charge in [-0.15, -0.1) is 0 Å². The Kier molecular flexibility index (Phi) is 4.96. The van der Waals surface area contributed by atoms with Crippen LogP contribution < -0.4 is 5.73 Å². The number of aryl methyl sites for hydroxylation is 1. The van der Waals surface area contributed by atoms with E-state index in [4.69, 9.17) is 14.7 Å². The van der Waals surface area contributed by atoms with Crippen molar-refractivity contribution in [3.05, 3.63) is 42.5 Å². The van der Waals surface area contributed by atoms with Gasteiger partial charge in [0, 0.05) is 0 Å². The summed E-state index contributed by atoms with van der Waals surface area (Å²) in [6.07, 6.45) is -2.30. The molecule has 1 aromatic carbocycles. The van der Waals surface area contributed by atoms with Crippen molar-refractivity contribution in [3.8, 4) is 0 Å². The van der Waals surface area contributed by atoms with Gasteiger partial charge in [0.25, 0.3) is 10.1 Å². The average Bonchev–Trinajstić information content (AvgIpc) is 3.24. The first kappa shape index (κ1) is 19.7. The summed E-state index contributed by atoms with van der Waals surface area (Å²) >= 11 is 0. The van der Waals surface area contributed by atoms with Crippen LogP contribution in [0.3, 0.4) is 0 Å². The van der Waals surface area contributed by atoms with Crippen LogP contribution in [0.1, 0.15) is 11.8 Å². The molecule has 154 valence electrons. The van der Waals surface area contributed by atoms with Crippen molar-refractivity contribution in [2.45, 2.75) is 36.4 Å². The molecule has 4 rings (SSSR count). The lowest BCUT2D eigenvalue weighted by molar-refractivity contribution is -0.0467. The van der Waals surface area contributed by atoms with Gasteiger partial charge in [0.05, 0.1) is 17.8 Å². The molecule has 3 aromatic rings.